The second-order valence-corrected chi connectivity index (χ2v) is 6.21. The second kappa shape index (κ2) is 8.15. The first-order valence-corrected chi connectivity index (χ1v) is 8.48. The van der Waals surface area contributed by atoms with Crippen LogP contribution in [0.2, 0.25) is 0 Å². The molecule has 2 N–H and O–H groups in total. The van der Waals surface area contributed by atoms with Crippen LogP contribution in [0.1, 0.15) is 40.9 Å². The van der Waals surface area contributed by atoms with Gasteiger partial charge in [-0.2, -0.15) is 24.5 Å². The van der Waals surface area contributed by atoms with Gasteiger partial charge in [-0.25, -0.2) is 0 Å². The van der Waals surface area contributed by atoms with Crippen LogP contribution in [0.3, 0.4) is 0 Å². The van der Waals surface area contributed by atoms with E-state index in [0.29, 0.717) is 11.1 Å². The molecule has 1 unspecified atom stereocenters. The Balaban J connectivity index is 1.83. The summed E-state index contributed by atoms with van der Waals surface area (Å²) in [7, 11) is 0. The third-order valence-corrected chi connectivity index (χ3v) is 4.20. The number of thiophene rings is 1. The number of alkyl halides is 3. The first-order valence-electron chi connectivity index (χ1n) is 7.54. The fourth-order valence-corrected chi connectivity index (χ4v) is 2.80. The first kappa shape index (κ1) is 19.0. The van der Waals surface area contributed by atoms with Gasteiger partial charge < -0.3 is 10.6 Å². The summed E-state index contributed by atoms with van der Waals surface area (Å²) in [6, 6.07) is 5.94. The minimum atomic E-state index is -4.42. The second-order valence-electron chi connectivity index (χ2n) is 5.43. The highest BCUT2D eigenvalue weighted by Crippen LogP contribution is 2.30. The van der Waals surface area contributed by atoms with Crippen LogP contribution in [0.25, 0.3) is 0 Å². The molecule has 8 heteroatoms. The largest absolute Gasteiger partial charge is 0.416 e. The van der Waals surface area contributed by atoms with E-state index < -0.39 is 17.8 Å². The molecule has 0 saturated heterocycles. The van der Waals surface area contributed by atoms with Gasteiger partial charge in [0.25, 0.3) is 5.91 Å². The Morgan fingerprint density at radius 3 is 2.64 bits per heavy atom. The Bertz CT molecular complexity index is 730. The lowest BCUT2D eigenvalue weighted by Crippen LogP contribution is -2.32. The van der Waals surface area contributed by atoms with Crippen LogP contribution in [0.5, 0.6) is 0 Å². The summed E-state index contributed by atoms with van der Waals surface area (Å²) in [6.07, 6.45) is -4.38. The molecule has 0 aliphatic heterocycles. The van der Waals surface area contributed by atoms with E-state index in [9.17, 15) is 22.8 Å². The molecule has 25 heavy (non-hydrogen) atoms. The van der Waals surface area contributed by atoms with Gasteiger partial charge in [0.15, 0.2) is 0 Å². The Kier molecular flexibility index (Phi) is 6.19. The number of hydrogen-bond acceptors (Lipinski definition) is 3. The first-order chi connectivity index (χ1) is 11.8. The number of hydrogen-bond donors (Lipinski definition) is 2. The van der Waals surface area contributed by atoms with E-state index in [0.717, 1.165) is 12.1 Å². The molecule has 1 heterocycles. The van der Waals surface area contributed by atoms with E-state index in [2.05, 4.69) is 10.6 Å². The average Bonchev–Trinajstić information content (AvgIpc) is 3.08. The van der Waals surface area contributed by atoms with Gasteiger partial charge in [0.05, 0.1) is 11.6 Å². The van der Waals surface area contributed by atoms with Gasteiger partial charge in [0.1, 0.15) is 0 Å². The molecule has 0 aliphatic rings. The summed E-state index contributed by atoms with van der Waals surface area (Å²) >= 11 is 1.40. The maximum Gasteiger partial charge on any atom is 0.416 e. The molecule has 0 bridgehead atoms. The molecule has 4 nitrogen and oxygen atoms in total. The van der Waals surface area contributed by atoms with Crippen molar-refractivity contribution < 1.29 is 22.8 Å². The molecule has 0 aliphatic carbocycles. The van der Waals surface area contributed by atoms with Crippen LogP contribution in [0, 0.1) is 0 Å². The Morgan fingerprint density at radius 2 is 2.00 bits per heavy atom. The van der Waals surface area contributed by atoms with Gasteiger partial charge >= 0.3 is 6.18 Å². The highest BCUT2D eigenvalue weighted by molar-refractivity contribution is 7.08. The predicted octanol–water partition coefficient (Wildman–Crippen LogP) is 3.76. The number of rotatable bonds is 6. The van der Waals surface area contributed by atoms with Crippen LogP contribution in [0.4, 0.5) is 13.2 Å². The summed E-state index contributed by atoms with van der Waals surface area (Å²) in [4.78, 5) is 23.6. The summed E-state index contributed by atoms with van der Waals surface area (Å²) in [5, 5.41) is 8.72. The van der Waals surface area contributed by atoms with Crippen molar-refractivity contribution in [3.8, 4) is 0 Å². The molecule has 0 radical (unpaired) electrons. The van der Waals surface area contributed by atoms with Crippen molar-refractivity contribution in [3.05, 3.63) is 57.8 Å². The van der Waals surface area contributed by atoms with E-state index in [1.807, 2.05) is 0 Å². The van der Waals surface area contributed by atoms with Gasteiger partial charge in [-0.05, 0) is 36.1 Å². The smallest absolute Gasteiger partial charge is 0.351 e. The highest BCUT2D eigenvalue weighted by Gasteiger charge is 2.30. The maximum absolute atomic E-state index is 12.7. The van der Waals surface area contributed by atoms with Crippen LogP contribution >= 0.6 is 11.3 Å². The number of benzene rings is 1. The molecule has 2 aromatic rings. The number of amides is 2. The quantitative estimate of drug-likeness (QED) is 0.813. The van der Waals surface area contributed by atoms with Gasteiger partial charge in [0.2, 0.25) is 5.91 Å². The predicted molar refractivity (Wildman–Crippen MR) is 89.3 cm³/mol. The lowest BCUT2D eigenvalue weighted by molar-refractivity contribution is -0.137. The molecule has 0 fully saturated rings. The Labute approximate surface area is 147 Å². The summed E-state index contributed by atoms with van der Waals surface area (Å²) < 4.78 is 38.2. The van der Waals surface area contributed by atoms with Crippen LogP contribution in [-0.4, -0.2) is 18.4 Å². The molecule has 0 spiro atoms. The topological polar surface area (TPSA) is 58.2 Å². The molecular weight excluding hydrogens is 353 g/mol. The molecule has 134 valence electrons. The van der Waals surface area contributed by atoms with Gasteiger partial charge in [0, 0.05) is 23.9 Å². The monoisotopic (exact) mass is 370 g/mol. The SMILES string of the molecule is CC(NC(=O)CCNC(=O)c1ccsc1)c1cccc(C(F)(F)F)c1. The van der Waals surface area contributed by atoms with E-state index >= 15 is 0 Å². The van der Waals surface area contributed by atoms with E-state index in [1.54, 1.807) is 23.8 Å². The van der Waals surface area contributed by atoms with Crippen LogP contribution in [0.15, 0.2) is 41.1 Å². The zero-order valence-corrected chi connectivity index (χ0v) is 14.2. The third kappa shape index (κ3) is 5.60. The van der Waals surface area contributed by atoms with Crippen molar-refractivity contribution in [2.75, 3.05) is 6.54 Å². The van der Waals surface area contributed by atoms with Gasteiger partial charge in [-0.3, -0.25) is 9.59 Å². The highest BCUT2D eigenvalue weighted by atomic mass is 32.1. The van der Waals surface area contributed by atoms with Gasteiger partial charge in [-0.15, -0.1) is 0 Å². The molecule has 2 rings (SSSR count). The number of nitrogens with one attached hydrogen (secondary N) is 2. The summed E-state index contributed by atoms with van der Waals surface area (Å²) in [6.45, 7) is 1.76. The fraction of sp³-hybridized carbons (Fsp3) is 0.294. The maximum atomic E-state index is 12.7. The normalized spacial score (nSPS) is 12.5. The molecule has 1 aromatic heterocycles. The Morgan fingerprint density at radius 1 is 1.24 bits per heavy atom. The lowest BCUT2D eigenvalue weighted by Gasteiger charge is -2.16. The third-order valence-electron chi connectivity index (χ3n) is 3.51. The standard InChI is InChI=1S/C17H17F3N2O2S/c1-11(12-3-2-4-14(9-12)17(18,19)20)22-15(23)5-7-21-16(24)13-6-8-25-10-13/h2-4,6,8-11H,5,7H2,1H3,(H,21,24)(H,22,23). The minimum absolute atomic E-state index is 0.0409. The van der Waals surface area contributed by atoms with E-state index in [-0.39, 0.29) is 24.8 Å². The van der Waals surface area contributed by atoms with E-state index in [4.69, 9.17) is 0 Å². The zero-order valence-electron chi connectivity index (χ0n) is 13.4. The van der Waals surface area contributed by atoms with Gasteiger partial charge in [-0.1, -0.05) is 12.1 Å². The molecular formula is C17H17F3N2O2S. The minimum Gasteiger partial charge on any atom is -0.351 e. The molecule has 1 atom stereocenters. The molecule has 1 aromatic carbocycles. The Hall–Kier alpha value is -2.35. The van der Waals surface area contributed by atoms with Crippen molar-refractivity contribution in [2.24, 2.45) is 0 Å². The van der Waals surface area contributed by atoms with Crippen molar-refractivity contribution in [2.45, 2.75) is 25.6 Å². The zero-order chi connectivity index (χ0) is 18.4. The summed E-state index contributed by atoms with van der Waals surface area (Å²) in [5.74, 6) is -0.615. The molecule has 2 amide bonds. The lowest BCUT2D eigenvalue weighted by atomic mass is 10.0. The van der Waals surface area contributed by atoms with Crippen molar-refractivity contribution in [1.29, 1.82) is 0 Å². The van der Waals surface area contributed by atoms with Crippen molar-refractivity contribution in [3.63, 3.8) is 0 Å². The number of carbonyl (C=O) groups is 2. The summed E-state index contributed by atoms with van der Waals surface area (Å²) in [5.41, 5.74) is 0.141. The van der Waals surface area contributed by atoms with Crippen LogP contribution in [-0.2, 0) is 11.0 Å². The van der Waals surface area contributed by atoms with Crippen molar-refractivity contribution >= 4 is 23.2 Å². The molecule has 0 saturated carbocycles. The number of halogens is 3. The van der Waals surface area contributed by atoms with Crippen molar-refractivity contribution in [1.82, 2.24) is 10.6 Å². The van der Waals surface area contributed by atoms with E-state index in [1.165, 1.54) is 23.5 Å². The van der Waals surface area contributed by atoms with Crippen LogP contribution < -0.4 is 10.6 Å². The average molecular weight is 370 g/mol. The fourth-order valence-electron chi connectivity index (χ4n) is 2.17. The number of carbonyl (C=O) groups excluding carboxylic acids is 2.